The smallest absolute Gasteiger partial charge is 0.244 e. The van der Waals surface area contributed by atoms with E-state index in [1.165, 1.54) is 23.6 Å². The second-order valence-corrected chi connectivity index (χ2v) is 7.37. The number of nitrogens with one attached hydrogen (secondary N) is 1. The van der Waals surface area contributed by atoms with E-state index in [0.29, 0.717) is 13.2 Å². The van der Waals surface area contributed by atoms with Crippen LogP contribution in [0.2, 0.25) is 5.02 Å². The average molecular weight is 335 g/mol. The van der Waals surface area contributed by atoms with Crippen molar-refractivity contribution in [3.05, 3.63) is 17.3 Å². The number of rotatable bonds is 5. The van der Waals surface area contributed by atoms with Crippen LogP contribution in [0.25, 0.3) is 0 Å². The molecule has 118 valence electrons. The molecule has 1 aliphatic rings. The highest BCUT2D eigenvalue weighted by atomic mass is 35.5. The highest BCUT2D eigenvalue weighted by Crippen LogP contribution is 2.24. The van der Waals surface area contributed by atoms with Crippen LogP contribution in [0, 0.1) is 0 Å². The van der Waals surface area contributed by atoms with Gasteiger partial charge in [-0.05, 0) is 25.3 Å². The Labute approximate surface area is 129 Å². The number of hydrazine groups is 1. The van der Waals surface area contributed by atoms with Crippen LogP contribution in [0.5, 0.6) is 0 Å². The lowest BCUT2D eigenvalue weighted by Crippen LogP contribution is -2.37. The Hall–Kier alpha value is -0.930. The maximum Gasteiger partial charge on any atom is 0.244 e. The molecule has 3 N–H and O–H groups in total. The van der Waals surface area contributed by atoms with Gasteiger partial charge in [-0.1, -0.05) is 11.6 Å². The van der Waals surface area contributed by atoms with Gasteiger partial charge in [0.2, 0.25) is 10.0 Å². The van der Waals surface area contributed by atoms with E-state index < -0.39 is 10.0 Å². The molecule has 0 amide bonds. The summed E-state index contributed by atoms with van der Waals surface area (Å²) in [6, 6.07) is 1.33. The van der Waals surface area contributed by atoms with Crippen molar-refractivity contribution in [3.63, 3.8) is 0 Å². The highest BCUT2D eigenvalue weighted by molar-refractivity contribution is 7.89. The number of nitrogens with two attached hydrogens (primary N) is 1. The summed E-state index contributed by atoms with van der Waals surface area (Å²) in [6.07, 6.45) is 4.12. The SMILES string of the molecule is CN(CC1CCCCO1)S(=O)(=O)c1cnc(NN)c(Cl)c1. The van der Waals surface area contributed by atoms with E-state index in [0.717, 1.165) is 19.3 Å². The zero-order valence-electron chi connectivity index (χ0n) is 11.8. The quantitative estimate of drug-likeness (QED) is 0.620. The van der Waals surface area contributed by atoms with Crippen molar-refractivity contribution in [1.29, 1.82) is 0 Å². The molecule has 21 heavy (non-hydrogen) atoms. The van der Waals surface area contributed by atoms with Gasteiger partial charge in [-0.15, -0.1) is 0 Å². The summed E-state index contributed by atoms with van der Waals surface area (Å²) in [7, 11) is -2.12. The summed E-state index contributed by atoms with van der Waals surface area (Å²) in [5, 5.41) is 0.154. The van der Waals surface area contributed by atoms with E-state index in [1.54, 1.807) is 0 Å². The molecule has 1 fully saturated rings. The first-order valence-corrected chi connectivity index (χ1v) is 8.47. The second kappa shape index (κ2) is 6.89. The van der Waals surface area contributed by atoms with Crippen LogP contribution in [0.3, 0.4) is 0 Å². The Morgan fingerprint density at radius 3 is 2.90 bits per heavy atom. The van der Waals surface area contributed by atoms with E-state index in [4.69, 9.17) is 22.2 Å². The first-order valence-electron chi connectivity index (χ1n) is 6.65. The van der Waals surface area contributed by atoms with Gasteiger partial charge >= 0.3 is 0 Å². The molecule has 0 saturated carbocycles. The summed E-state index contributed by atoms with van der Waals surface area (Å²) in [5.74, 6) is 5.45. The van der Waals surface area contributed by atoms with Crippen molar-refractivity contribution in [2.75, 3.05) is 25.6 Å². The number of pyridine rings is 1. The Morgan fingerprint density at radius 2 is 2.33 bits per heavy atom. The van der Waals surface area contributed by atoms with Gasteiger partial charge in [-0.25, -0.2) is 19.2 Å². The van der Waals surface area contributed by atoms with Gasteiger partial charge in [0, 0.05) is 26.4 Å². The van der Waals surface area contributed by atoms with Crippen LogP contribution in [0.15, 0.2) is 17.2 Å². The largest absolute Gasteiger partial charge is 0.377 e. The number of anilines is 1. The second-order valence-electron chi connectivity index (χ2n) is 4.92. The fourth-order valence-corrected chi connectivity index (χ4v) is 3.64. The zero-order valence-corrected chi connectivity index (χ0v) is 13.3. The minimum atomic E-state index is -3.65. The first kappa shape index (κ1) is 16.4. The standard InChI is InChI=1S/C12H19ClN4O3S/c1-17(8-9-4-2-3-5-20-9)21(18,19)10-6-11(13)12(16-14)15-7-10/h6-7,9H,2-5,8,14H2,1H3,(H,15,16). The maximum atomic E-state index is 12.5. The lowest BCUT2D eigenvalue weighted by Gasteiger charge is -2.27. The molecule has 1 atom stereocenters. The lowest BCUT2D eigenvalue weighted by molar-refractivity contribution is 0.00858. The van der Waals surface area contributed by atoms with Gasteiger partial charge in [0.1, 0.15) is 4.90 Å². The van der Waals surface area contributed by atoms with Crippen molar-refractivity contribution in [3.8, 4) is 0 Å². The topological polar surface area (TPSA) is 97.5 Å². The van der Waals surface area contributed by atoms with Gasteiger partial charge in [0.05, 0.1) is 11.1 Å². The van der Waals surface area contributed by atoms with Crippen LogP contribution in [0.1, 0.15) is 19.3 Å². The third-order valence-corrected chi connectivity index (χ3v) is 5.47. The Morgan fingerprint density at radius 1 is 1.57 bits per heavy atom. The van der Waals surface area contributed by atoms with Crippen LogP contribution < -0.4 is 11.3 Å². The normalized spacial score (nSPS) is 19.7. The fourth-order valence-electron chi connectivity index (χ4n) is 2.18. The van der Waals surface area contributed by atoms with Crippen LogP contribution >= 0.6 is 11.6 Å². The van der Waals surface area contributed by atoms with Gasteiger partial charge in [-0.2, -0.15) is 4.31 Å². The zero-order chi connectivity index (χ0) is 15.5. The molecule has 1 saturated heterocycles. The molecule has 0 aromatic carbocycles. The number of likely N-dealkylation sites (N-methyl/N-ethyl adjacent to an activating group) is 1. The molecule has 9 heteroatoms. The summed E-state index contributed by atoms with van der Waals surface area (Å²) in [6.45, 7) is 1.000. The first-order chi connectivity index (χ1) is 9.95. The van der Waals surface area contributed by atoms with Crippen molar-refractivity contribution in [2.24, 2.45) is 5.84 Å². The highest BCUT2D eigenvalue weighted by Gasteiger charge is 2.26. The predicted octanol–water partition coefficient (Wildman–Crippen LogP) is 1.21. The molecule has 1 aliphatic heterocycles. The van der Waals surface area contributed by atoms with Crippen molar-refractivity contribution in [1.82, 2.24) is 9.29 Å². The molecule has 1 aromatic rings. The lowest BCUT2D eigenvalue weighted by atomic mass is 10.1. The minimum absolute atomic E-state index is 0.0322. The number of halogens is 1. The minimum Gasteiger partial charge on any atom is -0.377 e. The number of aromatic nitrogens is 1. The molecular weight excluding hydrogens is 316 g/mol. The molecular formula is C12H19ClN4O3S. The van der Waals surface area contributed by atoms with Crippen molar-refractivity contribution < 1.29 is 13.2 Å². The Kier molecular flexibility index (Phi) is 5.39. The molecule has 2 rings (SSSR count). The number of nitrogen functional groups attached to an aromatic ring is 1. The molecule has 0 spiro atoms. The molecule has 2 heterocycles. The van der Waals surface area contributed by atoms with E-state index in [-0.39, 0.29) is 21.8 Å². The van der Waals surface area contributed by atoms with Gasteiger partial charge in [0.25, 0.3) is 0 Å². The van der Waals surface area contributed by atoms with E-state index in [2.05, 4.69) is 10.4 Å². The number of hydrogen-bond donors (Lipinski definition) is 2. The monoisotopic (exact) mass is 334 g/mol. The molecule has 0 aliphatic carbocycles. The Bertz CT molecular complexity index is 590. The van der Waals surface area contributed by atoms with Crippen LogP contribution in [0.4, 0.5) is 5.82 Å². The third kappa shape index (κ3) is 3.83. The Balaban J connectivity index is 2.14. The van der Waals surface area contributed by atoms with Gasteiger partial charge in [-0.3, -0.25) is 0 Å². The van der Waals surface area contributed by atoms with E-state index >= 15 is 0 Å². The summed E-state index contributed by atoms with van der Waals surface area (Å²) in [5.41, 5.74) is 2.30. The van der Waals surface area contributed by atoms with Gasteiger partial charge < -0.3 is 10.2 Å². The number of ether oxygens (including phenoxy) is 1. The maximum absolute atomic E-state index is 12.5. The fraction of sp³-hybridized carbons (Fsp3) is 0.583. The summed E-state index contributed by atoms with van der Waals surface area (Å²) >= 11 is 5.92. The molecule has 7 nitrogen and oxygen atoms in total. The molecule has 0 radical (unpaired) electrons. The van der Waals surface area contributed by atoms with Crippen molar-refractivity contribution in [2.45, 2.75) is 30.3 Å². The predicted molar refractivity (Wildman–Crippen MR) is 80.5 cm³/mol. The average Bonchev–Trinajstić information content (AvgIpc) is 2.48. The number of nitrogens with zero attached hydrogens (tertiary/aromatic N) is 2. The van der Waals surface area contributed by atoms with Gasteiger partial charge in [0.15, 0.2) is 5.82 Å². The molecule has 0 bridgehead atoms. The summed E-state index contributed by atoms with van der Waals surface area (Å²) < 4.78 is 31.8. The third-order valence-electron chi connectivity index (χ3n) is 3.40. The van der Waals surface area contributed by atoms with Crippen LogP contribution in [-0.4, -0.2) is 44.0 Å². The van der Waals surface area contributed by atoms with Crippen molar-refractivity contribution >= 4 is 27.4 Å². The summed E-state index contributed by atoms with van der Waals surface area (Å²) in [4.78, 5) is 3.92. The number of sulfonamides is 1. The number of hydrogen-bond acceptors (Lipinski definition) is 6. The molecule has 1 aromatic heterocycles. The van der Waals surface area contributed by atoms with E-state index in [9.17, 15) is 8.42 Å². The molecule has 1 unspecified atom stereocenters. The van der Waals surface area contributed by atoms with E-state index in [1.807, 2.05) is 0 Å². The van der Waals surface area contributed by atoms with Crippen LogP contribution in [-0.2, 0) is 14.8 Å².